The first-order valence-corrected chi connectivity index (χ1v) is 12.9. The lowest BCUT2D eigenvalue weighted by Gasteiger charge is -2.33. The van der Waals surface area contributed by atoms with E-state index in [4.69, 9.17) is 4.74 Å². The summed E-state index contributed by atoms with van der Waals surface area (Å²) in [6.07, 6.45) is 9.61. The van der Waals surface area contributed by atoms with Gasteiger partial charge in [-0.25, -0.2) is 9.97 Å². The van der Waals surface area contributed by atoms with E-state index in [1.807, 2.05) is 18.2 Å². The van der Waals surface area contributed by atoms with Crippen LogP contribution in [0.5, 0.6) is 0 Å². The number of carbonyl (C=O) groups excluding carboxylic acids is 2. The molecule has 9 heteroatoms. The van der Waals surface area contributed by atoms with Crippen molar-refractivity contribution in [1.82, 2.24) is 15.3 Å². The van der Waals surface area contributed by atoms with E-state index in [1.165, 1.54) is 0 Å². The summed E-state index contributed by atoms with van der Waals surface area (Å²) in [7, 11) is 0. The van der Waals surface area contributed by atoms with E-state index in [1.54, 1.807) is 23.4 Å². The quantitative estimate of drug-likeness (QED) is 0.617. The van der Waals surface area contributed by atoms with Crippen molar-refractivity contribution in [3.63, 3.8) is 0 Å². The number of nitriles is 1. The number of hydrogen-bond acceptors (Lipinski definition) is 7. The Morgan fingerprint density at radius 1 is 1.11 bits per heavy atom. The van der Waals surface area contributed by atoms with Crippen LogP contribution in [0, 0.1) is 22.7 Å². The molecule has 0 aromatic carbocycles. The fraction of sp³-hybridized carbons (Fsp3) is 0.519. The predicted molar refractivity (Wildman–Crippen MR) is 132 cm³/mol. The summed E-state index contributed by atoms with van der Waals surface area (Å²) in [5, 5.41) is 16.1. The van der Waals surface area contributed by atoms with E-state index in [-0.39, 0.29) is 23.8 Å². The Labute approximate surface area is 210 Å². The number of pyridine rings is 2. The van der Waals surface area contributed by atoms with Gasteiger partial charge in [-0.3, -0.25) is 9.59 Å². The van der Waals surface area contributed by atoms with E-state index in [0.717, 1.165) is 49.8 Å². The van der Waals surface area contributed by atoms with Crippen molar-refractivity contribution in [2.45, 2.75) is 56.4 Å². The van der Waals surface area contributed by atoms with Crippen LogP contribution in [-0.4, -0.2) is 47.6 Å². The molecule has 186 valence electrons. The SMILES string of the molecule is N#C[C@@]1(C2CC2)CCN(c2ccnc(Nc3ccc(C4(C(=O)NC5COC5)CCCC4)cn3)c2)C1=O. The molecular formula is C27H30N6O3. The van der Waals surface area contributed by atoms with Crippen molar-refractivity contribution < 1.29 is 14.3 Å². The Bertz CT molecular complexity index is 1210. The van der Waals surface area contributed by atoms with Gasteiger partial charge in [-0.1, -0.05) is 18.9 Å². The van der Waals surface area contributed by atoms with Crippen LogP contribution >= 0.6 is 0 Å². The number of carbonyl (C=O) groups is 2. The van der Waals surface area contributed by atoms with Crippen molar-refractivity contribution in [3.05, 3.63) is 42.2 Å². The van der Waals surface area contributed by atoms with Crippen LogP contribution in [0.4, 0.5) is 17.3 Å². The van der Waals surface area contributed by atoms with Gasteiger partial charge in [0.25, 0.3) is 0 Å². The van der Waals surface area contributed by atoms with E-state index in [2.05, 4.69) is 26.7 Å². The van der Waals surface area contributed by atoms with Crippen LogP contribution in [0.1, 0.15) is 50.5 Å². The number of amides is 2. The van der Waals surface area contributed by atoms with Crippen LogP contribution < -0.4 is 15.5 Å². The highest BCUT2D eigenvalue weighted by molar-refractivity contribution is 6.02. The fourth-order valence-electron chi connectivity index (χ4n) is 5.94. The molecule has 36 heavy (non-hydrogen) atoms. The zero-order chi connectivity index (χ0) is 24.8. The molecule has 2 aromatic heterocycles. The van der Waals surface area contributed by atoms with Gasteiger partial charge in [0.2, 0.25) is 11.8 Å². The molecule has 0 radical (unpaired) electrons. The highest BCUT2D eigenvalue weighted by atomic mass is 16.5. The molecule has 4 fully saturated rings. The molecule has 2 aliphatic heterocycles. The number of rotatable bonds is 7. The van der Waals surface area contributed by atoms with Gasteiger partial charge in [0.05, 0.1) is 30.7 Å². The molecule has 4 heterocycles. The van der Waals surface area contributed by atoms with E-state index >= 15 is 0 Å². The van der Waals surface area contributed by atoms with E-state index in [9.17, 15) is 14.9 Å². The third-order valence-electron chi connectivity index (χ3n) is 8.32. The smallest absolute Gasteiger partial charge is 0.247 e. The Balaban J connectivity index is 1.17. The minimum atomic E-state index is -0.873. The normalized spacial score (nSPS) is 25.3. The molecule has 1 atom stereocenters. The third kappa shape index (κ3) is 3.80. The summed E-state index contributed by atoms with van der Waals surface area (Å²) >= 11 is 0. The summed E-state index contributed by atoms with van der Waals surface area (Å²) in [5.74, 6) is 1.34. The zero-order valence-electron chi connectivity index (χ0n) is 20.2. The second kappa shape index (κ2) is 8.86. The molecule has 0 spiro atoms. The van der Waals surface area contributed by atoms with Gasteiger partial charge in [0, 0.05) is 30.7 Å². The Morgan fingerprint density at radius 3 is 2.56 bits per heavy atom. The van der Waals surface area contributed by atoms with Crippen molar-refractivity contribution in [1.29, 1.82) is 5.26 Å². The first kappa shape index (κ1) is 22.9. The Kier molecular flexibility index (Phi) is 5.64. The average molecular weight is 487 g/mol. The van der Waals surface area contributed by atoms with E-state index < -0.39 is 10.8 Å². The lowest BCUT2D eigenvalue weighted by molar-refractivity contribution is -0.131. The number of aromatic nitrogens is 2. The van der Waals surface area contributed by atoms with Gasteiger partial charge in [0.1, 0.15) is 17.1 Å². The standard InChI is InChI=1S/C27H30N6O3/c28-17-27(18-3-4-18)10-12-33(25(27)35)21-7-11-29-23(13-21)32-22-6-5-19(14-30-22)26(8-1-2-9-26)24(34)31-20-15-36-16-20/h5-7,11,13-14,18,20H,1-4,8-10,12,15-16H2,(H,31,34)(H,29,30,32)/t27-/m1/s1. The van der Waals surface area contributed by atoms with Crippen molar-refractivity contribution >= 4 is 29.1 Å². The zero-order valence-corrected chi connectivity index (χ0v) is 20.2. The van der Waals surface area contributed by atoms with Gasteiger partial charge < -0.3 is 20.3 Å². The molecule has 2 amide bonds. The highest BCUT2D eigenvalue weighted by Gasteiger charge is 2.56. The molecule has 6 rings (SSSR count). The first-order valence-electron chi connectivity index (χ1n) is 12.9. The molecule has 2 aliphatic carbocycles. The minimum Gasteiger partial charge on any atom is -0.377 e. The maximum atomic E-state index is 13.2. The highest BCUT2D eigenvalue weighted by Crippen LogP contribution is 2.52. The molecule has 4 aliphatic rings. The summed E-state index contributed by atoms with van der Waals surface area (Å²) < 4.78 is 5.21. The van der Waals surface area contributed by atoms with Gasteiger partial charge in [-0.05, 0) is 55.7 Å². The molecule has 2 aromatic rings. The maximum absolute atomic E-state index is 13.2. The number of hydrogen-bond donors (Lipinski definition) is 2. The summed E-state index contributed by atoms with van der Waals surface area (Å²) in [5.41, 5.74) is 0.251. The van der Waals surface area contributed by atoms with Gasteiger partial charge >= 0.3 is 0 Å². The van der Waals surface area contributed by atoms with Crippen LogP contribution in [0.15, 0.2) is 36.7 Å². The number of anilines is 3. The number of nitrogens with one attached hydrogen (secondary N) is 2. The van der Waals surface area contributed by atoms with Crippen LogP contribution in [0.25, 0.3) is 0 Å². The van der Waals surface area contributed by atoms with Crippen LogP contribution in [0.3, 0.4) is 0 Å². The van der Waals surface area contributed by atoms with Gasteiger partial charge in [-0.2, -0.15) is 5.26 Å². The lowest BCUT2D eigenvalue weighted by atomic mass is 9.78. The fourth-order valence-corrected chi connectivity index (χ4v) is 5.94. The molecule has 0 unspecified atom stereocenters. The molecule has 2 saturated heterocycles. The predicted octanol–water partition coefficient (Wildman–Crippen LogP) is 3.20. The van der Waals surface area contributed by atoms with Gasteiger partial charge in [-0.15, -0.1) is 0 Å². The molecule has 0 bridgehead atoms. The van der Waals surface area contributed by atoms with Gasteiger partial charge in [0.15, 0.2) is 0 Å². The Hall–Kier alpha value is -3.51. The average Bonchev–Trinajstić information content (AvgIpc) is 3.50. The van der Waals surface area contributed by atoms with Crippen molar-refractivity contribution in [2.75, 3.05) is 30.0 Å². The lowest BCUT2D eigenvalue weighted by Crippen LogP contribution is -2.54. The second-order valence-electron chi connectivity index (χ2n) is 10.5. The molecular weight excluding hydrogens is 456 g/mol. The molecule has 2 saturated carbocycles. The van der Waals surface area contributed by atoms with E-state index in [0.29, 0.717) is 37.8 Å². The third-order valence-corrected chi connectivity index (χ3v) is 8.32. The van der Waals surface area contributed by atoms with Crippen molar-refractivity contribution in [2.24, 2.45) is 11.3 Å². The monoisotopic (exact) mass is 486 g/mol. The topological polar surface area (TPSA) is 120 Å². The van der Waals surface area contributed by atoms with Crippen LogP contribution in [0.2, 0.25) is 0 Å². The molecule has 2 N–H and O–H groups in total. The van der Waals surface area contributed by atoms with Crippen molar-refractivity contribution in [3.8, 4) is 6.07 Å². The molecule has 9 nitrogen and oxygen atoms in total. The number of nitrogens with zero attached hydrogens (tertiary/aromatic N) is 4. The van der Waals surface area contributed by atoms with Crippen LogP contribution in [-0.2, 0) is 19.7 Å². The summed E-state index contributed by atoms with van der Waals surface area (Å²) in [6.45, 7) is 1.70. The summed E-state index contributed by atoms with van der Waals surface area (Å²) in [6, 6.07) is 9.91. The second-order valence-corrected chi connectivity index (χ2v) is 10.5. The summed E-state index contributed by atoms with van der Waals surface area (Å²) in [4.78, 5) is 37.0. The first-order chi connectivity index (χ1) is 17.5. The minimum absolute atomic E-state index is 0.0695. The number of ether oxygens (including phenoxy) is 1. The maximum Gasteiger partial charge on any atom is 0.247 e. The largest absolute Gasteiger partial charge is 0.377 e. The Morgan fingerprint density at radius 2 is 1.92 bits per heavy atom.